The van der Waals surface area contributed by atoms with Gasteiger partial charge in [0.15, 0.2) is 5.65 Å². The predicted octanol–water partition coefficient (Wildman–Crippen LogP) is 4.33. The highest BCUT2D eigenvalue weighted by Gasteiger charge is 2.28. The summed E-state index contributed by atoms with van der Waals surface area (Å²) in [6, 6.07) is 6.62. The molecular weight excluding hydrogens is 464 g/mol. The van der Waals surface area contributed by atoms with Crippen molar-refractivity contribution in [1.82, 2.24) is 24.8 Å². The summed E-state index contributed by atoms with van der Waals surface area (Å²) in [5.74, 6) is 0.258. The Morgan fingerprint density at radius 2 is 1.94 bits per heavy atom. The number of methoxy groups -OCH3 is 1. The molecule has 9 heteroatoms. The van der Waals surface area contributed by atoms with Gasteiger partial charge in [0.25, 0.3) is 5.91 Å². The molecule has 0 atom stereocenters. The van der Waals surface area contributed by atoms with Crippen LogP contribution in [-0.4, -0.2) is 65.2 Å². The normalized spacial score (nSPS) is 18.1. The van der Waals surface area contributed by atoms with Gasteiger partial charge in [0.1, 0.15) is 0 Å². The van der Waals surface area contributed by atoms with Crippen LogP contribution >= 0.6 is 11.6 Å². The molecule has 0 bridgehead atoms. The quantitative estimate of drug-likeness (QED) is 0.498. The Morgan fingerprint density at radius 3 is 2.60 bits per heavy atom. The average molecular weight is 499 g/mol. The molecule has 0 spiro atoms. The second-order valence-corrected chi connectivity index (χ2v) is 9.80. The summed E-state index contributed by atoms with van der Waals surface area (Å²) in [6.07, 6.45) is 8.11. The number of fused-ring (bicyclic) bond motifs is 1. The van der Waals surface area contributed by atoms with Gasteiger partial charge in [0.2, 0.25) is 5.88 Å². The maximum atomic E-state index is 13.3. The van der Waals surface area contributed by atoms with Crippen molar-refractivity contribution in [1.29, 1.82) is 0 Å². The highest BCUT2D eigenvalue weighted by Crippen LogP contribution is 2.34. The summed E-state index contributed by atoms with van der Waals surface area (Å²) in [6.45, 7) is 5.29. The van der Waals surface area contributed by atoms with Crippen LogP contribution in [0.1, 0.15) is 54.1 Å². The van der Waals surface area contributed by atoms with Gasteiger partial charge in [0.05, 0.1) is 19.2 Å². The number of ether oxygens (including phenoxy) is 1. The van der Waals surface area contributed by atoms with Crippen LogP contribution in [-0.2, 0) is 6.54 Å². The number of hydrogen-bond donors (Lipinski definition) is 1. The minimum absolute atomic E-state index is 0.184. The van der Waals surface area contributed by atoms with Crippen LogP contribution in [0.4, 0.5) is 5.69 Å². The fourth-order valence-electron chi connectivity index (χ4n) is 5.21. The summed E-state index contributed by atoms with van der Waals surface area (Å²) in [5, 5.41) is 7.96. The molecular formula is C26H35ClN6O2. The number of rotatable bonds is 8. The third kappa shape index (κ3) is 5.23. The maximum Gasteiger partial charge on any atom is 0.251 e. The van der Waals surface area contributed by atoms with Gasteiger partial charge in [-0.3, -0.25) is 4.79 Å². The lowest BCUT2D eigenvalue weighted by Gasteiger charge is -2.40. The monoisotopic (exact) mass is 498 g/mol. The van der Waals surface area contributed by atoms with Crippen LogP contribution in [0.5, 0.6) is 5.88 Å². The van der Waals surface area contributed by atoms with Crippen LogP contribution < -0.4 is 15.0 Å². The Hall–Kier alpha value is -2.84. The van der Waals surface area contributed by atoms with Crippen molar-refractivity contribution in [3.63, 3.8) is 0 Å². The SMILES string of the molecule is CCN(c1cc(Cl)cc(C(=O)NCc2c(OC)nn3cccnc23)c1C)C1CCC(N(C)C)CC1. The third-order valence-corrected chi connectivity index (χ3v) is 7.37. The number of anilines is 1. The maximum absolute atomic E-state index is 13.3. The molecule has 1 fully saturated rings. The van der Waals surface area contributed by atoms with Gasteiger partial charge in [-0.2, -0.15) is 0 Å². The van der Waals surface area contributed by atoms with E-state index < -0.39 is 0 Å². The first-order valence-corrected chi connectivity index (χ1v) is 12.6. The number of aromatic nitrogens is 3. The van der Waals surface area contributed by atoms with Crippen molar-refractivity contribution in [2.75, 3.05) is 32.6 Å². The topological polar surface area (TPSA) is 75.0 Å². The summed E-state index contributed by atoms with van der Waals surface area (Å²) >= 11 is 6.54. The van der Waals surface area contributed by atoms with Gasteiger partial charge in [-0.15, -0.1) is 5.10 Å². The smallest absolute Gasteiger partial charge is 0.251 e. The van der Waals surface area contributed by atoms with Crippen LogP contribution in [0.15, 0.2) is 30.6 Å². The molecule has 1 amide bonds. The number of hydrogen-bond acceptors (Lipinski definition) is 6. The van der Waals surface area contributed by atoms with E-state index in [1.165, 1.54) is 12.8 Å². The molecule has 1 aromatic carbocycles. The molecule has 188 valence electrons. The highest BCUT2D eigenvalue weighted by molar-refractivity contribution is 6.31. The van der Waals surface area contributed by atoms with Gasteiger partial charge in [-0.05, 0) is 77.4 Å². The molecule has 0 radical (unpaired) electrons. The second kappa shape index (κ2) is 10.8. The molecule has 2 aromatic heterocycles. The molecule has 0 saturated heterocycles. The predicted molar refractivity (Wildman–Crippen MR) is 140 cm³/mol. The Bertz CT molecular complexity index is 1190. The molecule has 1 N–H and O–H groups in total. The van der Waals surface area contributed by atoms with E-state index in [2.05, 4.69) is 46.2 Å². The lowest BCUT2D eigenvalue weighted by atomic mass is 9.89. The van der Waals surface area contributed by atoms with E-state index in [0.29, 0.717) is 34.2 Å². The number of nitrogens with one attached hydrogen (secondary N) is 1. The molecule has 0 aliphatic heterocycles. The molecule has 4 rings (SSSR count). The number of amides is 1. The van der Waals surface area contributed by atoms with Crippen molar-refractivity contribution < 1.29 is 9.53 Å². The van der Waals surface area contributed by atoms with Gasteiger partial charge >= 0.3 is 0 Å². The summed E-state index contributed by atoms with van der Waals surface area (Å²) < 4.78 is 7.06. The average Bonchev–Trinajstić information content (AvgIpc) is 3.22. The fourth-order valence-corrected chi connectivity index (χ4v) is 5.42. The number of halogens is 1. The van der Waals surface area contributed by atoms with E-state index >= 15 is 0 Å². The van der Waals surface area contributed by atoms with Crippen molar-refractivity contribution in [3.05, 3.63) is 52.3 Å². The number of benzene rings is 1. The Kier molecular flexibility index (Phi) is 7.82. The van der Waals surface area contributed by atoms with E-state index in [-0.39, 0.29) is 12.5 Å². The van der Waals surface area contributed by atoms with Crippen molar-refractivity contribution >= 4 is 28.8 Å². The van der Waals surface area contributed by atoms with E-state index in [1.54, 1.807) is 36.2 Å². The van der Waals surface area contributed by atoms with E-state index in [4.69, 9.17) is 16.3 Å². The zero-order valence-electron chi connectivity index (χ0n) is 21.2. The zero-order valence-corrected chi connectivity index (χ0v) is 22.0. The molecule has 1 aliphatic rings. The summed E-state index contributed by atoms with van der Waals surface area (Å²) in [4.78, 5) is 22.5. The summed E-state index contributed by atoms with van der Waals surface area (Å²) in [7, 11) is 5.88. The van der Waals surface area contributed by atoms with Gasteiger partial charge in [0, 0.05) is 47.3 Å². The van der Waals surface area contributed by atoms with Crippen molar-refractivity contribution in [2.24, 2.45) is 0 Å². The molecule has 2 heterocycles. The fraction of sp³-hybridized carbons (Fsp3) is 0.500. The van der Waals surface area contributed by atoms with E-state index in [9.17, 15) is 4.79 Å². The minimum atomic E-state index is -0.184. The van der Waals surface area contributed by atoms with E-state index in [0.717, 1.165) is 36.2 Å². The first-order chi connectivity index (χ1) is 16.8. The van der Waals surface area contributed by atoms with Crippen molar-refractivity contribution in [2.45, 2.75) is 58.2 Å². The van der Waals surface area contributed by atoms with Gasteiger partial charge in [-0.25, -0.2) is 9.50 Å². The van der Waals surface area contributed by atoms with E-state index in [1.807, 2.05) is 13.0 Å². The lowest BCUT2D eigenvalue weighted by Crippen LogP contribution is -2.42. The second-order valence-electron chi connectivity index (χ2n) is 9.37. The standard InChI is InChI=1S/C26H35ClN6O2/c1-6-32(20-10-8-19(9-11-20)31(3)4)23-15-18(27)14-21(17(23)2)25(34)29-16-22-24-28-12-7-13-33(24)30-26(22)35-5/h7,12-15,19-20H,6,8-11,16H2,1-5H3,(H,29,34). The van der Waals surface area contributed by atoms with Crippen LogP contribution in [0, 0.1) is 6.92 Å². The van der Waals surface area contributed by atoms with Gasteiger partial charge < -0.3 is 19.9 Å². The number of carbonyl (C=O) groups excluding carboxylic acids is 1. The minimum Gasteiger partial charge on any atom is -0.480 e. The first-order valence-electron chi connectivity index (χ1n) is 12.2. The molecule has 1 aliphatic carbocycles. The Balaban J connectivity index is 1.55. The number of carbonyl (C=O) groups is 1. The third-order valence-electron chi connectivity index (χ3n) is 7.15. The Labute approximate surface area is 212 Å². The Morgan fingerprint density at radius 1 is 1.23 bits per heavy atom. The largest absolute Gasteiger partial charge is 0.480 e. The summed E-state index contributed by atoms with van der Waals surface area (Å²) in [5.41, 5.74) is 3.94. The zero-order chi connectivity index (χ0) is 25.1. The van der Waals surface area contributed by atoms with Crippen LogP contribution in [0.25, 0.3) is 5.65 Å². The van der Waals surface area contributed by atoms with Crippen LogP contribution in [0.3, 0.4) is 0 Å². The molecule has 35 heavy (non-hydrogen) atoms. The number of nitrogens with zero attached hydrogens (tertiary/aromatic N) is 5. The molecule has 0 unspecified atom stereocenters. The van der Waals surface area contributed by atoms with Crippen molar-refractivity contribution in [3.8, 4) is 5.88 Å². The molecule has 1 saturated carbocycles. The van der Waals surface area contributed by atoms with Gasteiger partial charge in [-0.1, -0.05) is 11.6 Å². The lowest BCUT2D eigenvalue weighted by molar-refractivity contribution is 0.0950. The molecule has 8 nitrogen and oxygen atoms in total. The highest BCUT2D eigenvalue weighted by atomic mass is 35.5. The molecule has 3 aromatic rings. The first kappa shape index (κ1) is 25.3. The van der Waals surface area contributed by atoms with Crippen LogP contribution in [0.2, 0.25) is 5.02 Å².